The quantitative estimate of drug-likeness (QED) is 0.643. The van der Waals surface area contributed by atoms with E-state index in [0.717, 1.165) is 25.9 Å². The lowest BCUT2D eigenvalue weighted by atomic mass is 10.1. The third-order valence-corrected chi connectivity index (χ3v) is 2.64. The summed E-state index contributed by atoms with van der Waals surface area (Å²) in [5.74, 6) is 0. The molecule has 0 radical (unpaired) electrons. The minimum Gasteiger partial charge on any atom is -0.394 e. The topological polar surface area (TPSA) is 41.5 Å². The van der Waals surface area contributed by atoms with Crippen molar-refractivity contribution in [2.75, 3.05) is 26.4 Å². The van der Waals surface area contributed by atoms with Gasteiger partial charge < -0.3 is 15.2 Å². The molecular weight excluding hydrogens is 214 g/mol. The maximum Gasteiger partial charge on any atom is 0.0697 e. The molecule has 1 aromatic rings. The van der Waals surface area contributed by atoms with Crippen molar-refractivity contribution in [3.63, 3.8) is 0 Å². The van der Waals surface area contributed by atoms with Gasteiger partial charge in [-0.3, -0.25) is 0 Å². The van der Waals surface area contributed by atoms with Crippen molar-refractivity contribution in [1.29, 1.82) is 0 Å². The molecule has 0 heterocycles. The Morgan fingerprint density at radius 1 is 1.12 bits per heavy atom. The van der Waals surface area contributed by atoms with E-state index in [-0.39, 0.29) is 6.61 Å². The van der Waals surface area contributed by atoms with Crippen LogP contribution in [0.4, 0.5) is 0 Å². The molecule has 0 aromatic heterocycles. The van der Waals surface area contributed by atoms with E-state index in [1.807, 2.05) is 0 Å². The lowest BCUT2D eigenvalue weighted by Crippen LogP contribution is -2.16. The highest BCUT2D eigenvalue weighted by molar-refractivity contribution is 5.22. The Morgan fingerprint density at radius 2 is 1.82 bits per heavy atom. The molecule has 0 atom stereocenters. The Bertz CT molecular complexity index is 285. The smallest absolute Gasteiger partial charge is 0.0697 e. The lowest BCUT2D eigenvalue weighted by Gasteiger charge is -2.06. The number of ether oxygens (including phenoxy) is 1. The van der Waals surface area contributed by atoms with Crippen LogP contribution in [-0.2, 0) is 17.7 Å². The van der Waals surface area contributed by atoms with Gasteiger partial charge in [-0.25, -0.2) is 0 Å². The fourth-order valence-corrected chi connectivity index (χ4v) is 1.59. The largest absolute Gasteiger partial charge is 0.394 e. The minimum absolute atomic E-state index is 0.108. The molecule has 0 spiro atoms. The zero-order valence-electron chi connectivity index (χ0n) is 10.6. The molecule has 2 N–H and O–H groups in total. The van der Waals surface area contributed by atoms with Crippen molar-refractivity contribution >= 4 is 0 Å². The second-order valence-electron chi connectivity index (χ2n) is 4.04. The van der Waals surface area contributed by atoms with Gasteiger partial charge in [0.25, 0.3) is 0 Å². The van der Waals surface area contributed by atoms with Crippen molar-refractivity contribution < 1.29 is 9.84 Å². The van der Waals surface area contributed by atoms with E-state index in [4.69, 9.17) is 9.84 Å². The molecule has 0 fully saturated rings. The van der Waals surface area contributed by atoms with Crippen molar-refractivity contribution in [3.8, 4) is 0 Å². The molecule has 0 aliphatic rings. The summed E-state index contributed by atoms with van der Waals surface area (Å²) in [6, 6.07) is 8.71. The SMILES string of the molecule is CCc1ccc(CNCCCOCCO)cc1. The highest BCUT2D eigenvalue weighted by Gasteiger charge is 1.93. The molecular formula is C14H23NO2. The molecule has 3 heteroatoms. The van der Waals surface area contributed by atoms with Gasteiger partial charge in [-0.1, -0.05) is 31.2 Å². The van der Waals surface area contributed by atoms with Crippen LogP contribution in [0.5, 0.6) is 0 Å². The maximum atomic E-state index is 8.52. The summed E-state index contributed by atoms with van der Waals surface area (Å²) >= 11 is 0. The van der Waals surface area contributed by atoms with E-state index in [2.05, 4.69) is 36.5 Å². The average molecular weight is 237 g/mol. The van der Waals surface area contributed by atoms with E-state index >= 15 is 0 Å². The van der Waals surface area contributed by atoms with Crippen LogP contribution in [0.15, 0.2) is 24.3 Å². The summed E-state index contributed by atoms with van der Waals surface area (Å²) in [6.45, 7) is 5.28. The number of aliphatic hydroxyl groups is 1. The van der Waals surface area contributed by atoms with Crippen molar-refractivity contribution in [2.24, 2.45) is 0 Å². The number of hydrogen-bond acceptors (Lipinski definition) is 3. The van der Waals surface area contributed by atoms with Crippen LogP contribution < -0.4 is 5.32 Å². The van der Waals surface area contributed by atoms with E-state index in [0.29, 0.717) is 13.2 Å². The monoisotopic (exact) mass is 237 g/mol. The van der Waals surface area contributed by atoms with E-state index in [1.54, 1.807) is 0 Å². The first-order valence-electron chi connectivity index (χ1n) is 6.34. The Morgan fingerprint density at radius 3 is 2.47 bits per heavy atom. The van der Waals surface area contributed by atoms with Crippen LogP contribution in [0.25, 0.3) is 0 Å². The summed E-state index contributed by atoms with van der Waals surface area (Å²) in [4.78, 5) is 0. The van der Waals surface area contributed by atoms with Crippen molar-refractivity contribution in [2.45, 2.75) is 26.3 Å². The lowest BCUT2D eigenvalue weighted by molar-refractivity contribution is 0.0907. The second-order valence-corrected chi connectivity index (χ2v) is 4.04. The third kappa shape index (κ3) is 6.41. The first-order chi connectivity index (χ1) is 8.36. The van der Waals surface area contributed by atoms with Crippen LogP contribution in [-0.4, -0.2) is 31.5 Å². The fraction of sp³-hybridized carbons (Fsp3) is 0.571. The molecule has 0 bridgehead atoms. The predicted molar refractivity (Wildman–Crippen MR) is 70.0 cm³/mol. The van der Waals surface area contributed by atoms with Gasteiger partial charge in [-0.15, -0.1) is 0 Å². The van der Waals surface area contributed by atoms with Gasteiger partial charge in [0.1, 0.15) is 0 Å². The fourth-order valence-electron chi connectivity index (χ4n) is 1.59. The molecule has 1 aromatic carbocycles. The van der Waals surface area contributed by atoms with Crippen molar-refractivity contribution in [1.82, 2.24) is 5.32 Å². The minimum atomic E-state index is 0.108. The molecule has 0 aliphatic heterocycles. The van der Waals surface area contributed by atoms with E-state index < -0.39 is 0 Å². The number of aryl methyl sites for hydroxylation is 1. The van der Waals surface area contributed by atoms with Crippen molar-refractivity contribution in [3.05, 3.63) is 35.4 Å². The average Bonchev–Trinajstić information content (AvgIpc) is 2.38. The standard InChI is InChI=1S/C14H23NO2/c1-2-13-4-6-14(7-5-13)12-15-8-3-10-17-11-9-16/h4-7,15-16H,2-3,8-12H2,1H3. The molecule has 0 saturated carbocycles. The normalized spacial score (nSPS) is 10.7. The summed E-state index contributed by atoms with van der Waals surface area (Å²) in [6.07, 6.45) is 2.07. The maximum absolute atomic E-state index is 8.52. The zero-order chi connectivity index (χ0) is 12.3. The number of hydrogen-bond donors (Lipinski definition) is 2. The molecule has 17 heavy (non-hydrogen) atoms. The summed E-state index contributed by atoms with van der Waals surface area (Å²) < 4.78 is 5.18. The Kier molecular flexibility index (Phi) is 7.63. The molecule has 0 amide bonds. The van der Waals surface area contributed by atoms with E-state index in [1.165, 1.54) is 11.1 Å². The van der Waals surface area contributed by atoms with Gasteiger partial charge in [0.2, 0.25) is 0 Å². The Labute approximate surface area is 104 Å². The van der Waals surface area contributed by atoms with E-state index in [9.17, 15) is 0 Å². The number of nitrogens with one attached hydrogen (secondary N) is 1. The molecule has 0 saturated heterocycles. The number of aliphatic hydroxyl groups excluding tert-OH is 1. The summed E-state index contributed by atoms with van der Waals surface area (Å²) in [5.41, 5.74) is 2.70. The van der Waals surface area contributed by atoms with Gasteiger partial charge in [0.15, 0.2) is 0 Å². The third-order valence-electron chi connectivity index (χ3n) is 2.64. The first-order valence-corrected chi connectivity index (χ1v) is 6.34. The summed E-state index contributed by atoms with van der Waals surface area (Å²) in [5, 5.41) is 11.9. The van der Waals surface area contributed by atoms with Gasteiger partial charge in [-0.05, 0) is 30.5 Å². The molecule has 3 nitrogen and oxygen atoms in total. The van der Waals surface area contributed by atoms with Gasteiger partial charge in [-0.2, -0.15) is 0 Å². The first kappa shape index (κ1) is 14.2. The second kappa shape index (κ2) is 9.16. The van der Waals surface area contributed by atoms with Crippen LogP contribution in [0, 0.1) is 0 Å². The Hall–Kier alpha value is -0.900. The molecule has 96 valence electrons. The molecule has 0 aliphatic carbocycles. The predicted octanol–water partition coefficient (Wildman–Crippen LogP) is 1.74. The zero-order valence-corrected chi connectivity index (χ0v) is 10.6. The highest BCUT2D eigenvalue weighted by Crippen LogP contribution is 2.04. The highest BCUT2D eigenvalue weighted by atomic mass is 16.5. The van der Waals surface area contributed by atoms with Gasteiger partial charge in [0.05, 0.1) is 13.2 Å². The molecule has 1 rings (SSSR count). The van der Waals surface area contributed by atoms with Crippen LogP contribution in [0.1, 0.15) is 24.5 Å². The molecule has 0 unspecified atom stereocenters. The van der Waals surface area contributed by atoms with Gasteiger partial charge >= 0.3 is 0 Å². The van der Waals surface area contributed by atoms with Crippen LogP contribution in [0.3, 0.4) is 0 Å². The number of benzene rings is 1. The van der Waals surface area contributed by atoms with Gasteiger partial charge in [0, 0.05) is 13.2 Å². The van der Waals surface area contributed by atoms with Crippen LogP contribution in [0.2, 0.25) is 0 Å². The number of rotatable bonds is 9. The Balaban J connectivity index is 2.05. The van der Waals surface area contributed by atoms with Crippen LogP contribution >= 0.6 is 0 Å². The summed E-state index contributed by atoms with van der Waals surface area (Å²) in [7, 11) is 0.